The SMILES string of the molecule is CN1c2ccccc2[C@]23CCCC[C@]12NCC3. The molecule has 0 unspecified atom stereocenters. The van der Waals surface area contributed by atoms with Crippen molar-refractivity contribution in [3.8, 4) is 0 Å². The summed E-state index contributed by atoms with van der Waals surface area (Å²) in [6.07, 6.45) is 6.74. The molecule has 0 bridgehead atoms. The Hall–Kier alpha value is -1.02. The van der Waals surface area contributed by atoms with Crippen LogP contribution in [0.5, 0.6) is 0 Å². The minimum absolute atomic E-state index is 0.231. The molecule has 0 aromatic heterocycles. The van der Waals surface area contributed by atoms with Gasteiger partial charge in [0.1, 0.15) is 5.66 Å². The molecule has 0 spiro atoms. The third-order valence-electron chi connectivity index (χ3n) is 5.51. The maximum Gasteiger partial charge on any atom is 0.100 e. The highest BCUT2D eigenvalue weighted by atomic mass is 15.4. The number of likely N-dealkylation sites (N-methyl/N-ethyl adjacent to an activating group) is 1. The average Bonchev–Trinajstić information content (AvgIpc) is 2.87. The first kappa shape index (κ1) is 9.95. The van der Waals surface area contributed by atoms with Crippen LogP contribution in [0.3, 0.4) is 0 Å². The first-order valence-electron chi connectivity index (χ1n) is 6.89. The van der Waals surface area contributed by atoms with Crippen molar-refractivity contribution in [1.82, 2.24) is 5.32 Å². The van der Waals surface area contributed by atoms with Crippen molar-refractivity contribution in [1.29, 1.82) is 0 Å². The molecule has 1 N–H and O–H groups in total. The summed E-state index contributed by atoms with van der Waals surface area (Å²) < 4.78 is 0. The van der Waals surface area contributed by atoms with E-state index in [1.807, 2.05) is 0 Å². The van der Waals surface area contributed by atoms with Gasteiger partial charge in [-0.1, -0.05) is 24.6 Å². The molecule has 2 nitrogen and oxygen atoms in total. The number of nitrogens with one attached hydrogen (secondary N) is 1. The van der Waals surface area contributed by atoms with Crippen molar-refractivity contribution in [2.24, 2.45) is 0 Å². The summed E-state index contributed by atoms with van der Waals surface area (Å²) in [4.78, 5) is 2.54. The second kappa shape index (κ2) is 3.05. The van der Waals surface area contributed by atoms with E-state index < -0.39 is 0 Å². The van der Waals surface area contributed by atoms with Gasteiger partial charge < -0.3 is 4.90 Å². The van der Waals surface area contributed by atoms with Gasteiger partial charge in [0.25, 0.3) is 0 Å². The number of hydrogen-bond acceptors (Lipinski definition) is 2. The van der Waals surface area contributed by atoms with E-state index in [9.17, 15) is 0 Å². The van der Waals surface area contributed by atoms with Crippen LogP contribution in [0.15, 0.2) is 24.3 Å². The second-order valence-electron chi connectivity index (χ2n) is 5.90. The molecular weight excluding hydrogens is 208 g/mol. The minimum atomic E-state index is 0.231. The van der Waals surface area contributed by atoms with E-state index >= 15 is 0 Å². The molecule has 0 amide bonds. The number of fused-ring (bicyclic) bond motifs is 1. The van der Waals surface area contributed by atoms with Crippen LogP contribution in [0.25, 0.3) is 0 Å². The van der Waals surface area contributed by atoms with Crippen molar-refractivity contribution < 1.29 is 0 Å². The Labute approximate surface area is 103 Å². The fraction of sp³-hybridized carbons (Fsp3) is 0.600. The lowest BCUT2D eigenvalue weighted by molar-refractivity contribution is 0.170. The van der Waals surface area contributed by atoms with Crippen LogP contribution in [0.4, 0.5) is 5.69 Å². The van der Waals surface area contributed by atoms with E-state index in [0.717, 1.165) is 0 Å². The zero-order valence-corrected chi connectivity index (χ0v) is 10.5. The quantitative estimate of drug-likeness (QED) is 0.734. The van der Waals surface area contributed by atoms with Crippen molar-refractivity contribution in [2.45, 2.75) is 43.2 Å². The Morgan fingerprint density at radius 3 is 2.88 bits per heavy atom. The van der Waals surface area contributed by atoms with Gasteiger partial charge in [-0.3, -0.25) is 5.32 Å². The summed E-state index contributed by atoms with van der Waals surface area (Å²) in [5, 5.41) is 3.85. The minimum Gasteiger partial charge on any atom is -0.355 e. The van der Waals surface area contributed by atoms with Gasteiger partial charge in [0.15, 0.2) is 0 Å². The lowest BCUT2D eigenvalue weighted by Gasteiger charge is -2.48. The van der Waals surface area contributed by atoms with Gasteiger partial charge >= 0.3 is 0 Å². The van der Waals surface area contributed by atoms with Crippen molar-refractivity contribution in [3.05, 3.63) is 29.8 Å². The normalized spacial score (nSPS) is 38.8. The predicted molar refractivity (Wildman–Crippen MR) is 70.3 cm³/mol. The van der Waals surface area contributed by atoms with Gasteiger partial charge in [-0.15, -0.1) is 0 Å². The smallest absolute Gasteiger partial charge is 0.100 e. The highest BCUT2D eigenvalue weighted by molar-refractivity contribution is 5.67. The molecule has 1 saturated carbocycles. The molecule has 4 rings (SSSR count). The Kier molecular flexibility index (Phi) is 1.79. The first-order valence-corrected chi connectivity index (χ1v) is 6.89. The molecule has 17 heavy (non-hydrogen) atoms. The molecule has 1 aliphatic carbocycles. The average molecular weight is 228 g/mol. The van der Waals surface area contributed by atoms with Crippen molar-refractivity contribution in [3.63, 3.8) is 0 Å². The Bertz CT molecular complexity index is 470. The molecule has 3 aliphatic rings. The summed E-state index contributed by atoms with van der Waals surface area (Å²) in [6, 6.07) is 9.05. The number of para-hydroxylation sites is 1. The molecular formula is C15H20N2. The molecule has 2 fully saturated rings. The van der Waals surface area contributed by atoms with Gasteiger partial charge in [-0.05, 0) is 43.9 Å². The van der Waals surface area contributed by atoms with Crippen LogP contribution in [0.1, 0.15) is 37.7 Å². The Balaban J connectivity index is 2.00. The van der Waals surface area contributed by atoms with E-state index in [4.69, 9.17) is 0 Å². The number of rotatable bonds is 0. The number of anilines is 1. The van der Waals surface area contributed by atoms with E-state index in [2.05, 4.69) is 41.5 Å². The maximum absolute atomic E-state index is 3.85. The lowest BCUT2D eigenvalue weighted by atomic mass is 9.64. The van der Waals surface area contributed by atoms with Gasteiger partial charge in [0.2, 0.25) is 0 Å². The molecule has 1 saturated heterocycles. The number of benzene rings is 1. The Morgan fingerprint density at radius 2 is 1.94 bits per heavy atom. The summed E-state index contributed by atoms with van der Waals surface area (Å²) in [6.45, 7) is 1.18. The molecule has 2 heteroatoms. The van der Waals surface area contributed by atoms with E-state index in [0.29, 0.717) is 5.41 Å². The second-order valence-corrected chi connectivity index (χ2v) is 5.90. The van der Waals surface area contributed by atoms with Crippen LogP contribution in [0, 0.1) is 0 Å². The topological polar surface area (TPSA) is 15.3 Å². The molecule has 1 aromatic carbocycles. The zero-order chi connectivity index (χ0) is 11.5. The van der Waals surface area contributed by atoms with Gasteiger partial charge in [-0.2, -0.15) is 0 Å². The van der Waals surface area contributed by atoms with Crippen molar-refractivity contribution >= 4 is 5.69 Å². The predicted octanol–water partition coefficient (Wildman–Crippen LogP) is 2.64. The summed E-state index contributed by atoms with van der Waals surface area (Å²) in [5.74, 6) is 0. The van der Waals surface area contributed by atoms with E-state index in [-0.39, 0.29) is 5.66 Å². The highest BCUT2D eigenvalue weighted by Gasteiger charge is 2.63. The van der Waals surface area contributed by atoms with E-state index in [1.54, 1.807) is 5.56 Å². The van der Waals surface area contributed by atoms with Gasteiger partial charge in [0, 0.05) is 18.2 Å². The maximum atomic E-state index is 3.85. The summed E-state index contributed by atoms with van der Waals surface area (Å²) in [7, 11) is 2.28. The molecule has 0 radical (unpaired) electrons. The summed E-state index contributed by atoms with van der Waals surface area (Å²) in [5.41, 5.74) is 3.69. The highest BCUT2D eigenvalue weighted by Crippen LogP contribution is 2.60. The molecule has 2 atom stereocenters. The third-order valence-corrected chi connectivity index (χ3v) is 5.51. The van der Waals surface area contributed by atoms with Gasteiger partial charge in [-0.25, -0.2) is 0 Å². The van der Waals surface area contributed by atoms with Crippen LogP contribution in [-0.2, 0) is 5.41 Å². The largest absolute Gasteiger partial charge is 0.355 e. The molecule has 1 aromatic rings. The first-order chi connectivity index (χ1) is 8.30. The fourth-order valence-electron chi connectivity index (χ4n) is 4.80. The lowest BCUT2D eigenvalue weighted by Crippen LogP contribution is -2.62. The van der Waals surface area contributed by atoms with Crippen molar-refractivity contribution in [2.75, 3.05) is 18.5 Å². The number of hydrogen-bond donors (Lipinski definition) is 1. The molecule has 90 valence electrons. The van der Waals surface area contributed by atoms with Crippen LogP contribution >= 0.6 is 0 Å². The molecule has 2 aliphatic heterocycles. The third kappa shape index (κ3) is 0.934. The monoisotopic (exact) mass is 228 g/mol. The van der Waals surface area contributed by atoms with Crippen LogP contribution in [-0.4, -0.2) is 19.3 Å². The standard InChI is InChI=1S/C15H20N2/c1-17-13-7-3-2-6-12(13)14-8-4-5-9-15(14,17)16-11-10-14/h2-3,6-7,16H,4-5,8-11H2,1H3/t14-,15+/m1/s1. The summed E-state index contributed by atoms with van der Waals surface area (Å²) >= 11 is 0. The van der Waals surface area contributed by atoms with Crippen LogP contribution in [0.2, 0.25) is 0 Å². The van der Waals surface area contributed by atoms with Crippen LogP contribution < -0.4 is 10.2 Å². The van der Waals surface area contributed by atoms with Gasteiger partial charge in [0.05, 0.1) is 0 Å². The molecule has 2 heterocycles. The van der Waals surface area contributed by atoms with E-state index in [1.165, 1.54) is 44.3 Å². The fourth-order valence-corrected chi connectivity index (χ4v) is 4.80. The Morgan fingerprint density at radius 1 is 1.12 bits per heavy atom. The number of nitrogens with zero attached hydrogens (tertiary/aromatic N) is 1. The zero-order valence-electron chi connectivity index (χ0n) is 10.5.